The molecule has 0 spiro atoms. The van der Waals surface area contributed by atoms with Gasteiger partial charge < -0.3 is 9.47 Å². The number of aromatic nitrogens is 2. The van der Waals surface area contributed by atoms with Crippen molar-refractivity contribution in [2.75, 3.05) is 13.2 Å². The highest BCUT2D eigenvalue weighted by Crippen LogP contribution is 2.26. The molecule has 0 bridgehead atoms. The van der Waals surface area contributed by atoms with Gasteiger partial charge in [-0.1, -0.05) is 0 Å². The largest absolute Gasteiger partial charge is 0.460 e. The second-order valence-corrected chi connectivity index (χ2v) is 5.23. The van der Waals surface area contributed by atoms with Crippen LogP contribution in [-0.2, 0) is 14.3 Å². The lowest BCUT2D eigenvalue weighted by molar-refractivity contribution is -0.137. The standard InChI is InChI=1S/C16H18N2O4/c1-2-21-16(20)15(19)11-6-7-13-12(9-11)10-17-18(13)14-5-3-4-8-22-14/h6-7,9-10,14H,2-5,8H2,1H3. The highest BCUT2D eigenvalue weighted by Gasteiger charge is 2.21. The van der Waals surface area contributed by atoms with Gasteiger partial charge in [0.1, 0.15) is 0 Å². The van der Waals surface area contributed by atoms with Crippen molar-refractivity contribution in [2.24, 2.45) is 0 Å². The van der Waals surface area contributed by atoms with Gasteiger partial charge in [0.2, 0.25) is 0 Å². The molecule has 2 aromatic rings. The Bertz CT molecular complexity index is 701. The van der Waals surface area contributed by atoms with E-state index in [0.717, 1.165) is 36.8 Å². The molecule has 1 aromatic heterocycles. The van der Waals surface area contributed by atoms with Crippen molar-refractivity contribution in [1.82, 2.24) is 9.78 Å². The number of hydrogen-bond donors (Lipinski definition) is 0. The van der Waals surface area contributed by atoms with E-state index in [2.05, 4.69) is 5.10 Å². The van der Waals surface area contributed by atoms with Gasteiger partial charge in [-0.15, -0.1) is 0 Å². The lowest BCUT2D eigenvalue weighted by Gasteiger charge is -2.23. The van der Waals surface area contributed by atoms with E-state index in [1.807, 2.05) is 4.68 Å². The van der Waals surface area contributed by atoms with Crippen molar-refractivity contribution in [3.05, 3.63) is 30.0 Å². The van der Waals surface area contributed by atoms with E-state index in [9.17, 15) is 9.59 Å². The van der Waals surface area contributed by atoms with E-state index in [1.54, 1.807) is 31.3 Å². The zero-order valence-corrected chi connectivity index (χ0v) is 12.4. The predicted octanol–water partition coefficient (Wildman–Crippen LogP) is 2.48. The number of ether oxygens (including phenoxy) is 2. The fourth-order valence-electron chi connectivity index (χ4n) is 2.65. The number of fused-ring (bicyclic) bond motifs is 1. The maximum absolute atomic E-state index is 12.0. The summed E-state index contributed by atoms with van der Waals surface area (Å²) in [7, 11) is 0. The molecule has 1 unspecified atom stereocenters. The fraction of sp³-hybridized carbons (Fsp3) is 0.438. The Labute approximate surface area is 128 Å². The van der Waals surface area contributed by atoms with Crippen LogP contribution in [-0.4, -0.2) is 34.7 Å². The Morgan fingerprint density at radius 2 is 2.27 bits per heavy atom. The van der Waals surface area contributed by atoms with Gasteiger partial charge in [-0.3, -0.25) is 4.79 Å². The molecule has 0 saturated carbocycles. The monoisotopic (exact) mass is 302 g/mol. The highest BCUT2D eigenvalue weighted by atomic mass is 16.5. The lowest BCUT2D eigenvalue weighted by Crippen LogP contribution is -2.19. The van der Waals surface area contributed by atoms with Crippen molar-refractivity contribution in [2.45, 2.75) is 32.4 Å². The molecule has 0 amide bonds. The van der Waals surface area contributed by atoms with E-state index >= 15 is 0 Å². The van der Waals surface area contributed by atoms with Gasteiger partial charge in [0.15, 0.2) is 6.23 Å². The van der Waals surface area contributed by atoms with E-state index in [-0.39, 0.29) is 12.8 Å². The lowest BCUT2D eigenvalue weighted by atomic mass is 10.1. The van der Waals surface area contributed by atoms with Crippen molar-refractivity contribution in [3.8, 4) is 0 Å². The first-order valence-corrected chi connectivity index (χ1v) is 7.51. The second-order valence-electron chi connectivity index (χ2n) is 5.23. The summed E-state index contributed by atoms with van der Waals surface area (Å²) in [5, 5.41) is 5.17. The Morgan fingerprint density at radius 3 is 3.00 bits per heavy atom. The molecule has 6 nitrogen and oxygen atoms in total. The molecule has 0 N–H and O–H groups in total. The number of hydrogen-bond acceptors (Lipinski definition) is 5. The van der Waals surface area contributed by atoms with E-state index in [0.29, 0.717) is 5.56 Å². The van der Waals surface area contributed by atoms with Gasteiger partial charge >= 0.3 is 5.97 Å². The Morgan fingerprint density at radius 1 is 1.41 bits per heavy atom. The third kappa shape index (κ3) is 2.74. The first kappa shape index (κ1) is 14.7. The molecular weight excluding hydrogens is 284 g/mol. The summed E-state index contributed by atoms with van der Waals surface area (Å²) >= 11 is 0. The van der Waals surface area contributed by atoms with Crippen LogP contribution in [0.15, 0.2) is 24.4 Å². The number of rotatable bonds is 4. The second kappa shape index (κ2) is 6.27. The minimum Gasteiger partial charge on any atom is -0.460 e. The molecule has 1 fully saturated rings. The number of benzene rings is 1. The molecule has 2 heterocycles. The molecular formula is C16H18N2O4. The van der Waals surface area contributed by atoms with Crippen molar-refractivity contribution >= 4 is 22.7 Å². The molecule has 1 atom stereocenters. The summed E-state index contributed by atoms with van der Waals surface area (Å²) in [4.78, 5) is 23.5. The molecule has 0 aliphatic carbocycles. The van der Waals surface area contributed by atoms with Crippen LogP contribution in [0.2, 0.25) is 0 Å². The zero-order valence-electron chi connectivity index (χ0n) is 12.4. The maximum Gasteiger partial charge on any atom is 0.379 e. The molecule has 1 aliphatic heterocycles. The number of nitrogens with zero attached hydrogens (tertiary/aromatic N) is 2. The number of Topliss-reactive ketones (excluding diaryl/α,β-unsaturated/α-hetero) is 1. The van der Waals surface area contributed by atoms with Gasteiger partial charge in [0.25, 0.3) is 5.78 Å². The third-order valence-electron chi connectivity index (χ3n) is 3.75. The molecule has 22 heavy (non-hydrogen) atoms. The zero-order chi connectivity index (χ0) is 15.5. The molecule has 3 rings (SSSR count). The van der Waals surface area contributed by atoms with Crippen LogP contribution in [0.3, 0.4) is 0 Å². The summed E-state index contributed by atoms with van der Waals surface area (Å²) in [5.74, 6) is -1.46. The highest BCUT2D eigenvalue weighted by molar-refractivity contribution is 6.40. The first-order chi connectivity index (χ1) is 10.7. The van der Waals surface area contributed by atoms with Crippen molar-refractivity contribution < 1.29 is 19.1 Å². The SMILES string of the molecule is CCOC(=O)C(=O)c1ccc2c(cnn2C2CCCCO2)c1. The van der Waals surface area contributed by atoms with Crippen LogP contribution in [0, 0.1) is 0 Å². The van der Waals surface area contributed by atoms with Crippen LogP contribution in [0.4, 0.5) is 0 Å². The van der Waals surface area contributed by atoms with Crippen LogP contribution in [0.1, 0.15) is 42.8 Å². The minimum absolute atomic E-state index is 0.0575. The number of carbonyl (C=O) groups is 2. The molecule has 1 aromatic carbocycles. The van der Waals surface area contributed by atoms with Crippen molar-refractivity contribution in [1.29, 1.82) is 0 Å². The Kier molecular flexibility index (Phi) is 4.20. The smallest absolute Gasteiger partial charge is 0.379 e. The summed E-state index contributed by atoms with van der Waals surface area (Å²) in [6, 6.07) is 5.09. The van der Waals surface area contributed by atoms with Gasteiger partial charge in [0.05, 0.1) is 18.3 Å². The quantitative estimate of drug-likeness (QED) is 0.493. The average molecular weight is 302 g/mol. The van der Waals surface area contributed by atoms with Crippen LogP contribution >= 0.6 is 0 Å². The Balaban J connectivity index is 1.88. The summed E-state index contributed by atoms with van der Waals surface area (Å²) in [6.07, 6.45) is 4.76. The Hall–Kier alpha value is -2.21. The first-order valence-electron chi connectivity index (χ1n) is 7.51. The normalized spacial score (nSPS) is 18.3. The number of esters is 1. The third-order valence-corrected chi connectivity index (χ3v) is 3.75. The topological polar surface area (TPSA) is 70.4 Å². The summed E-state index contributed by atoms with van der Waals surface area (Å²) < 4.78 is 12.3. The molecule has 1 saturated heterocycles. The van der Waals surface area contributed by atoms with Gasteiger partial charge in [-0.05, 0) is 44.4 Å². The number of carbonyl (C=O) groups excluding carboxylic acids is 2. The minimum atomic E-state index is -0.829. The van der Waals surface area contributed by atoms with E-state index in [4.69, 9.17) is 9.47 Å². The molecule has 116 valence electrons. The maximum atomic E-state index is 12.0. The van der Waals surface area contributed by atoms with Gasteiger partial charge in [-0.25, -0.2) is 9.48 Å². The van der Waals surface area contributed by atoms with Gasteiger partial charge in [0, 0.05) is 17.6 Å². The number of ketones is 1. The van der Waals surface area contributed by atoms with Crippen LogP contribution in [0.5, 0.6) is 0 Å². The van der Waals surface area contributed by atoms with Crippen LogP contribution < -0.4 is 0 Å². The van der Waals surface area contributed by atoms with Gasteiger partial charge in [-0.2, -0.15) is 5.10 Å². The van der Waals surface area contributed by atoms with E-state index < -0.39 is 11.8 Å². The molecule has 0 radical (unpaired) electrons. The van der Waals surface area contributed by atoms with E-state index in [1.165, 1.54) is 0 Å². The van der Waals surface area contributed by atoms with Crippen molar-refractivity contribution in [3.63, 3.8) is 0 Å². The summed E-state index contributed by atoms with van der Waals surface area (Å²) in [5.41, 5.74) is 1.21. The molecule has 6 heteroatoms. The average Bonchev–Trinajstić information content (AvgIpc) is 2.98. The summed E-state index contributed by atoms with van der Waals surface area (Å²) in [6.45, 7) is 2.60. The fourth-order valence-corrected chi connectivity index (χ4v) is 2.65. The molecule has 1 aliphatic rings. The van der Waals surface area contributed by atoms with Crippen LogP contribution in [0.25, 0.3) is 10.9 Å². The predicted molar refractivity (Wildman–Crippen MR) is 79.5 cm³/mol.